The van der Waals surface area contributed by atoms with Crippen LogP contribution in [0.3, 0.4) is 0 Å². The number of carbonyl (C=O) groups excluding carboxylic acids is 2. The minimum absolute atomic E-state index is 0.126. The lowest BCUT2D eigenvalue weighted by Gasteiger charge is -2.17. The van der Waals surface area contributed by atoms with Crippen LogP contribution in [0.25, 0.3) is 0 Å². The van der Waals surface area contributed by atoms with Crippen LogP contribution in [0, 0.1) is 0 Å². The van der Waals surface area contributed by atoms with E-state index < -0.39 is 18.1 Å². The number of ether oxygens (including phenoxy) is 2. The molecule has 5 nitrogen and oxygen atoms in total. The molecule has 0 saturated carbocycles. The predicted molar refractivity (Wildman–Crippen MR) is 88.7 cm³/mol. The number of nitrogens with one attached hydrogen (secondary N) is 1. The van der Waals surface area contributed by atoms with E-state index in [2.05, 4.69) is 21.2 Å². The van der Waals surface area contributed by atoms with Gasteiger partial charge in [0.1, 0.15) is 6.61 Å². The van der Waals surface area contributed by atoms with Crippen LogP contribution < -0.4 is 5.32 Å². The van der Waals surface area contributed by atoms with Crippen LogP contribution in [-0.2, 0) is 20.9 Å². The molecule has 6 heteroatoms. The Morgan fingerprint density at radius 3 is 2.35 bits per heavy atom. The number of carbonyl (C=O) groups is 2. The maximum absolute atomic E-state index is 11.9. The third-order valence-electron chi connectivity index (χ3n) is 3.12. The van der Waals surface area contributed by atoms with Gasteiger partial charge < -0.3 is 14.8 Å². The van der Waals surface area contributed by atoms with Crippen molar-refractivity contribution in [3.63, 3.8) is 0 Å². The Kier molecular flexibility index (Phi) is 6.17. The molecule has 2 rings (SSSR count). The third-order valence-corrected chi connectivity index (χ3v) is 3.64. The fourth-order valence-corrected chi connectivity index (χ4v) is 2.20. The summed E-state index contributed by atoms with van der Waals surface area (Å²) >= 11 is 3.32. The molecule has 1 N–H and O–H groups in total. The number of alkyl carbamates (subject to hydrolysis) is 1. The molecule has 120 valence electrons. The zero-order valence-corrected chi connectivity index (χ0v) is 14.1. The summed E-state index contributed by atoms with van der Waals surface area (Å²) in [6, 6.07) is 15.4. The number of amides is 1. The van der Waals surface area contributed by atoms with Crippen molar-refractivity contribution in [1.29, 1.82) is 0 Å². The molecule has 0 spiro atoms. The Bertz CT molecular complexity index is 658. The van der Waals surface area contributed by atoms with Crippen molar-refractivity contribution in [3.05, 3.63) is 70.2 Å². The van der Waals surface area contributed by atoms with Crippen molar-refractivity contribution in [2.75, 3.05) is 7.11 Å². The number of methoxy groups -OCH3 is 1. The summed E-state index contributed by atoms with van der Waals surface area (Å²) in [6.45, 7) is 0.126. The second-order valence-electron chi connectivity index (χ2n) is 4.71. The average Bonchev–Trinajstić information content (AvgIpc) is 2.59. The average molecular weight is 378 g/mol. The van der Waals surface area contributed by atoms with Gasteiger partial charge in [-0.2, -0.15) is 0 Å². The molecule has 1 amide bonds. The Morgan fingerprint density at radius 1 is 1.09 bits per heavy atom. The molecule has 2 aromatic carbocycles. The van der Waals surface area contributed by atoms with Gasteiger partial charge >= 0.3 is 12.1 Å². The van der Waals surface area contributed by atoms with Crippen LogP contribution in [0.5, 0.6) is 0 Å². The Morgan fingerprint density at radius 2 is 1.74 bits per heavy atom. The highest BCUT2D eigenvalue weighted by molar-refractivity contribution is 9.10. The van der Waals surface area contributed by atoms with Crippen molar-refractivity contribution < 1.29 is 19.1 Å². The SMILES string of the molecule is COC(=O)C(NC(=O)OCc1ccccc1)c1ccc(Br)cc1. The van der Waals surface area contributed by atoms with E-state index in [-0.39, 0.29) is 6.61 Å². The van der Waals surface area contributed by atoms with Gasteiger partial charge in [-0.1, -0.05) is 58.4 Å². The summed E-state index contributed by atoms with van der Waals surface area (Å²) in [5, 5.41) is 2.52. The maximum atomic E-state index is 11.9. The van der Waals surface area contributed by atoms with Crippen molar-refractivity contribution in [1.82, 2.24) is 5.32 Å². The monoisotopic (exact) mass is 377 g/mol. The van der Waals surface area contributed by atoms with E-state index in [9.17, 15) is 9.59 Å². The van der Waals surface area contributed by atoms with Crippen LogP contribution >= 0.6 is 15.9 Å². The number of halogens is 1. The molecule has 0 aromatic heterocycles. The molecule has 1 atom stereocenters. The first kappa shape index (κ1) is 17.0. The maximum Gasteiger partial charge on any atom is 0.408 e. The molecule has 23 heavy (non-hydrogen) atoms. The van der Waals surface area contributed by atoms with E-state index in [1.54, 1.807) is 24.3 Å². The van der Waals surface area contributed by atoms with Gasteiger partial charge in [-0.15, -0.1) is 0 Å². The summed E-state index contributed by atoms with van der Waals surface area (Å²) in [5.74, 6) is -0.566. The van der Waals surface area contributed by atoms with Gasteiger partial charge in [0.15, 0.2) is 6.04 Å². The van der Waals surface area contributed by atoms with Crippen LogP contribution in [0.2, 0.25) is 0 Å². The largest absolute Gasteiger partial charge is 0.467 e. The lowest BCUT2D eigenvalue weighted by atomic mass is 10.1. The summed E-state index contributed by atoms with van der Waals surface area (Å²) < 4.78 is 10.7. The summed E-state index contributed by atoms with van der Waals surface area (Å²) in [5.41, 5.74) is 1.47. The zero-order chi connectivity index (χ0) is 16.7. The summed E-state index contributed by atoms with van der Waals surface area (Å²) in [4.78, 5) is 23.8. The van der Waals surface area contributed by atoms with Gasteiger partial charge in [-0.25, -0.2) is 9.59 Å². The number of benzene rings is 2. The van der Waals surface area contributed by atoms with Gasteiger partial charge in [0.05, 0.1) is 7.11 Å². The van der Waals surface area contributed by atoms with Crippen molar-refractivity contribution in [3.8, 4) is 0 Å². The van der Waals surface area contributed by atoms with E-state index in [1.165, 1.54) is 7.11 Å². The van der Waals surface area contributed by atoms with E-state index in [4.69, 9.17) is 9.47 Å². The molecule has 0 saturated heterocycles. The Balaban J connectivity index is 2.01. The molecule has 0 bridgehead atoms. The highest BCUT2D eigenvalue weighted by Crippen LogP contribution is 2.18. The normalized spacial score (nSPS) is 11.4. The van der Waals surface area contributed by atoms with Gasteiger partial charge in [-0.3, -0.25) is 0 Å². The second-order valence-corrected chi connectivity index (χ2v) is 5.63. The molecule has 0 radical (unpaired) electrons. The molecule has 0 aliphatic heterocycles. The fourth-order valence-electron chi connectivity index (χ4n) is 1.93. The molecule has 0 aliphatic rings. The van der Waals surface area contributed by atoms with Crippen LogP contribution in [0.1, 0.15) is 17.2 Å². The van der Waals surface area contributed by atoms with Gasteiger partial charge in [0.25, 0.3) is 0 Å². The number of rotatable bonds is 5. The standard InChI is InChI=1S/C17H16BrNO4/c1-22-16(20)15(13-7-9-14(18)10-8-13)19-17(21)23-11-12-5-3-2-4-6-12/h2-10,15H,11H2,1H3,(H,19,21). The van der Waals surface area contributed by atoms with Crippen molar-refractivity contribution in [2.24, 2.45) is 0 Å². The minimum atomic E-state index is -0.920. The first-order valence-electron chi connectivity index (χ1n) is 6.90. The molecule has 1 unspecified atom stereocenters. The second kappa shape index (κ2) is 8.33. The number of hydrogen-bond donors (Lipinski definition) is 1. The third kappa shape index (κ3) is 5.10. The minimum Gasteiger partial charge on any atom is -0.467 e. The Labute approximate surface area is 142 Å². The first-order valence-corrected chi connectivity index (χ1v) is 7.70. The van der Waals surface area contributed by atoms with Crippen LogP contribution in [0.4, 0.5) is 4.79 Å². The van der Waals surface area contributed by atoms with Crippen molar-refractivity contribution >= 4 is 28.0 Å². The lowest BCUT2D eigenvalue weighted by molar-refractivity contribution is -0.143. The molecule has 0 heterocycles. The number of hydrogen-bond acceptors (Lipinski definition) is 4. The highest BCUT2D eigenvalue weighted by atomic mass is 79.9. The molecular weight excluding hydrogens is 362 g/mol. The molecule has 2 aromatic rings. The predicted octanol–water partition coefficient (Wildman–Crippen LogP) is 3.59. The van der Waals surface area contributed by atoms with E-state index in [0.717, 1.165) is 10.0 Å². The van der Waals surface area contributed by atoms with Crippen LogP contribution in [-0.4, -0.2) is 19.2 Å². The van der Waals surface area contributed by atoms with E-state index >= 15 is 0 Å². The van der Waals surface area contributed by atoms with Gasteiger partial charge in [-0.05, 0) is 23.3 Å². The lowest BCUT2D eigenvalue weighted by Crippen LogP contribution is -2.34. The molecule has 0 aliphatic carbocycles. The van der Waals surface area contributed by atoms with E-state index in [0.29, 0.717) is 5.56 Å². The fraction of sp³-hybridized carbons (Fsp3) is 0.176. The quantitative estimate of drug-likeness (QED) is 0.808. The summed E-state index contributed by atoms with van der Waals surface area (Å²) in [7, 11) is 1.27. The van der Waals surface area contributed by atoms with Crippen LogP contribution in [0.15, 0.2) is 59.1 Å². The van der Waals surface area contributed by atoms with Gasteiger partial charge in [0.2, 0.25) is 0 Å². The highest BCUT2D eigenvalue weighted by Gasteiger charge is 2.24. The van der Waals surface area contributed by atoms with Crippen molar-refractivity contribution in [2.45, 2.75) is 12.6 Å². The first-order chi connectivity index (χ1) is 11.1. The molecular formula is C17H16BrNO4. The molecule has 0 fully saturated rings. The Hall–Kier alpha value is -2.34. The topological polar surface area (TPSA) is 64.6 Å². The summed E-state index contributed by atoms with van der Waals surface area (Å²) in [6.07, 6.45) is -0.688. The van der Waals surface area contributed by atoms with Gasteiger partial charge in [0, 0.05) is 4.47 Å². The number of esters is 1. The van der Waals surface area contributed by atoms with E-state index in [1.807, 2.05) is 30.3 Å². The zero-order valence-electron chi connectivity index (χ0n) is 12.5. The smallest absolute Gasteiger partial charge is 0.408 e.